The third-order valence-electron chi connectivity index (χ3n) is 3.82. The summed E-state index contributed by atoms with van der Waals surface area (Å²) in [6.45, 7) is 0. The number of nitrogens with one attached hydrogen (secondary N) is 2. The number of benzene rings is 1. The van der Waals surface area contributed by atoms with Gasteiger partial charge in [0.2, 0.25) is 0 Å². The van der Waals surface area contributed by atoms with E-state index in [9.17, 15) is 9.90 Å². The highest BCUT2D eigenvalue weighted by Gasteiger charge is 2.24. The van der Waals surface area contributed by atoms with Crippen LogP contribution in [0.5, 0.6) is 0 Å². The Balaban J connectivity index is 1.57. The predicted molar refractivity (Wildman–Crippen MR) is 81.8 cm³/mol. The van der Waals surface area contributed by atoms with Crippen LogP contribution in [0.2, 0.25) is 0 Å². The molecule has 0 spiro atoms. The van der Waals surface area contributed by atoms with Gasteiger partial charge in [-0.15, -0.1) is 0 Å². The molecular weight excluding hydrogens is 282 g/mol. The number of urea groups is 1. The maximum atomic E-state index is 12.0. The van der Waals surface area contributed by atoms with Crippen molar-refractivity contribution in [3.05, 3.63) is 36.7 Å². The molecule has 7 nitrogen and oxygen atoms in total. The van der Waals surface area contributed by atoms with Gasteiger partial charge in [-0.3, -0.25) is 0 Å². The third kappa shape index (κ3) is 3.43. The van der Waals surface area contributed by atoms with Gasteiger partial charge in [0.15, 0.2) is 0 Å². The van der Waals surface area contributed by atoms with E-state index in [0.29, 0.717) is 5.69 Å². The normalized spacial score (nSPS) is 21.3. The number of aromatic nitrogens is 3. The minimum Gasteiger partial charge on any atom is -0.391 e. The first kappa shape index (κ1) is 14.5. The van der Waals surface area contributed by atoms with E-state index >= 15 is 0 Å². The number of aliphatic hydroxyl groups excluding tert-OH is 1. The maximum Gasteiger partial charge on any atom is 0.319 e. The Labute approximate surface area is 128 Å². The highest BCUT2D eigenvalue weighted by molar-refractivity contribution is 5.89. The molecule has 3 N–H and O–H groups in total. The lowest BCUT2D eigenvalue weighted by Gasteiger charge is -2.28. The van der Waals surface area contributed by atoms with Gasteiger partial charge in [-0.05, 0) is 37.1 Å². The smallest absolute Gasteiger partial charge is 0.319 e. The number of nitrogens with zero attached hydrogens (tertiary/aromatic N) is 3. The summed E-state index contributed by atoms with van der Waals surface area (Å²) >= 11 is 0. The number of anilines is 1. The van der Waals surface area contributed by atoms with Crippen LogP contribution in [0.25, 0.3) is 5.69 Å². The molecular formula is C15H19N5O2. The minimum absolute atomic E-state index is 0.165. The van der Waals surface area contributed by atoms with Gasteiger partial charge in [-0.25, -0.2) is 4.79 Å². The Morgan fingerprint density at radius 2 is 1.82 bits per heavy atom. The molecule has 1 aromatic heterocycles. The molecule has 1 aliphatic carbocycles. The Hall–Kier alpha value is -2.41. The van der Waals surface area contributed by atoms with Crippen LogP contribution in [-0.2, 0) is 0 Å². The standard InChI is InChI=1S/C15H19N5O2/c21-14-4-2-1-3-13(14)19-15(22)18-11-5-7-12(8-6-11)20-16-9-10-17-20/h5-10,13-14,21H,1-4H2,(H2,18,19,22). The Kier molecular flexibility index (Phi) is 4.34. The number of rotatable bonds is 3. The second kappa shape index (κ2) is 6.57. The summed E-state index contributed by atoms with van der Waals surface area (Å²) < 4.78 is 0. The lowest BCUT2D eigenvalue weighted by Crippen LogP contribution is -2.46. The van der Waals surface area contributed by atoms with E-state index in [-0.39, 0.29) is 12.1 Å². The van der Waals surface area contributed by atoms with Crippen molar-refractivity contribution in [2.75, 3.05) is 5.32 Å². The summed E-state index contributed by atoms with van der Waals surface area (Å²) in [5, 5.41) is 23.5. The van der Waals surface area contributed by atoms with Gasteiger partial charge in [0.1, 0.15) is 0 Å². The molecule has 22 heavy (non-hydrogen) atoms. The van der Waals surface area contributed by atoms with Crippen LogP contribution in [0.1, 0.15) is 25.7 Å². The van der Waals surface area contributed by atoms with Gasteiger partial charge in [0.25, 0.3) is 0 Å². The van der Waals surface area contributed by atoms with Gasteiger partial charge in [-0.2, -0.15) is 15.0 Å². The Morgan fingerprint density at radius 1 is 1.14 bits per heavy atom. The summed E-state index contributed by atoms with van der Waals surface area (Å²) in [6.07, 6.45) is 6.38. The molecule has 1 heterocycles. The van der Waals surface area contributed by atoms with Crippen LogP contribution in [0.3, 0.4) is 0 Å². The van der Waals surface area contributed by atoms with E-state index in [1.807, 2.05) is 12.1 Å². The first-order valence-corrected chi connectivity index (χ1v) is 7.45. The monoisotopic (exact) mass is 301 g/mol. The Morgan fingerprint density at radius 3 is 2.50 bits per heavy atom. The van der Waals surface area contributed by atoms with Crippen LogP contribution >= 0.6 is 0 Å². The molecule has 1 fully saturated rings. The molecule has 7 heteroatoms. The second-order valence-corrected chi connectivity index (χ2v) is 5.42. The number of aliphatic hydroxyl groups is 1. The average Bonchev–Trinajstić information content (AvgIpc) is 3.05. The van der Waals surface area contributed by atoms with E-state index in [4.69, 9.17) is 0 Å². The first-order chi connectivity index (χ1) is 10.7. The molecule has 0 saturated heterocycles. The largest absolute Gasteiger partial charge is 0.391 e. The van der Waals surface area contributed by atoms with Crippen molar-refractivity contribution in [3.63, 3.8) is 0 Å². The van der Waals surface area contributed by atoms with E-state index in [0.717, 1.165) is 31.4 Å². The number of amides is 2. The van der Waals surface area contributed by atoms with E-state index in [2.05, 4.69) is 20.8 Å². The first-order valence-electron chi connectivity index (χ1n) is 7.45. The quantitative estimate of drug-likeness (QED) is 0.804. The van der Waals surface area contributed by atoms with Crippen molar-refractivity contribution in [2.24, 2.45) is 0 Å². The lowest BCUT2D eigenvalue weighted by molar-refractivity contribution is 0.0955. The van der Waals surface area contributed by atoms with Crippen LogP contribution in [-0.4, -0.2) is 38.3 Å². The summed E-state index contributed by atoms with van der Waals surface area (Å²) in [6, 6.07) is 6.76. The fraction of sp³-hybridized carbons (Fsp3) is 0.400. The highest BCUT2D eigenvalue weighted by atomic mass is 16.3. The fourth-order valence-corrected chi connectivity index (χ4v) is 2.64. The molecule has 3 rings (SSSR count). The number of hydrogen-bond donors (Lipinski definition) is 3. The zero-order valence-electron chi connectivity index (χ0n) is 12.1. The van der Waals surface area contributed by atoms with Crippen molar-refractivity contribution in [1.29, 1.82) is 0 Å². The topological polar surface area (TPSA) is 92.1 Å². The molecule has 1 saturated carbocycles. The van der Waals surface area contributed by atoms with Crippen molar-refractivity contribution in [3.8, 4) is 5.69 Å². The number of hydrogen-bond acceptors (Lipinski definition) is 4. The van der Waals surface area contributed by atoms with Crippen LogP contribution in [0.4, 0.5) is 10.5 Å². The number of carbonyl (C=O) groups excluding carboxylic acids is 1. The number of carbonyl (C=O) groups is 1. The summed E-state index contributed by atoms with van der Waals surface area (Å²) in [5.74, 6) is 0. The molecule has 1 aromatic carbocycles. The average molecular weight is 301 g/mol. The summed E-state index contributed by atoms with van der Waals surface area (Å²) in [4.78, 5) is 13.5. The van der Waals surface area contributed by atoms with Crippen LogP contribution in [0.15, 0.2) is 36.7 Å². The predicted octanol–water partition coefficient (Wildman–Crippen LogP) is 1.69. The minimum atomic E-state index is -0.451. The molecule has 0 radical (unpaired) electrons. The van der Waals surface area contributed by atoms with Gasteiger partial charge in [0, 0.05) is 5.69 Å². The van der Waals surface area contributed by atoms with E-state index < -0.39 is 6.10 Å². The molecule has 116 valence electrons. The third-order valence-corrected chi connectivity index (χ3v) is 3.82. The van der Waals surface area contributed by atoms with E-state index in [1.165, 1.54) is 4.80 Å². The van der Waals surface area contributed by atoms with Gasteiger partial charge < -0.3 is 15.7 Å². The van der Waals surface area contributed by atoms with Crippen LogP contribution < -0.4 is 10.6 Å². The van der Waals surface area contributed by atoms with Crippen molar-refractivity contribution >= 4 is 11.7 Å². The molecule has 2 amide bonds. The van der Waals surface area contributed by atoms with Gasteiger partial charge in [0.05, 0.1) is 30.2 Å². The van der Waals surface area contributed by atoms with Gasteiger partial charge >= 0.3 is 6.03 Å². The lowest BCUT2D eigenvalue weighted by atomic mass is 9.93. The zero-order chi connectivity index (χ0) is 15.4. The fourth-order valence-electron chi connectivity index (χ4n) is 2.64. The summed E-state index contributed by atoms with van der Waals surface area (Å²) in [5.41, 5.74) is 1.50. The molecule has 2 unspecified atom stereocenters. The highest BCUT2D eigenvalue weighted by Crippen LogP contribution is 2.18. The second-order valence-electron chi connectivity index (χ2n) is 5.42. The van der Waals surface area contributed by atoms with Gasteiger partial charge in [-0.1, -0.05) is 12.8 Å². The van der Waals surface area contributed by atoms with Crippen molar-refractivity contribution in [2.45, 2.75) is 37.8 Å². The Bertz CT molecular complexity index is 611. The molecule has 2 aromatic rings. The summed E-state index contributed by atoms with van der Waals surface area (Å²) in [7, 11) is 0. The van der Waals surface area contributed by atoms with Crippen molar-refractivity contribution < 1.29 is 9.90 Å². The SMILES string of the molecule is O=C(Nc1ccc(-n2nccn2)cc1)NC1CCCCC1O. The maximum absolute atomic E-state index is 12.0. The van der Waals surface area contributed by atoms with E-state index in [1.54, 1.807) is 24.5 Å². The molecule has 1 aliphatic rings. The molecule has 0 bridgehead atoms. The molecule has 0 aliphatic heterocycles. The van der Waals surface area contributed by atoms with Crippen LogP contribution in [0, 0.1) is 0 Å². The zero-order valence-corrected chi connectivity index (χ0v) is 12.1. The molecule has 2 atom stereocenters. The van der Waals surface area contributed by atoms with Crippen molar-refractivity contribution in [1.82, 2.24) is 20.3 Å².